The summed E-state index contributed by atoms with van der Waals surface area (Å²) in [5, 5.41) is 3.51. The van der Waals surface area contributed by atoms with Gasteiger partial charge in [0, 0.05) is 23.0 Å². The summed E-state index contributed by atoms with van der Waals surface area (Å²) in [4.78, 5) is 29.9. The van der Waals surface area contributed by atoms with Crippen LogP contribution in [0.3, 0.4) is 0 Å². The normalized spacial score (nSPS) is 12.5. The van der Waals surface area contributed by atoms with Crippen LogP contribution in [-0.4, -0.2) is 15.5 Å². The zero-order chi connectivity index (χ0) is 23.8. The van der Waals surface area contributed by atoms with Crippen LogP contribution >= 0.6 is 0 Å². The van der Waals surface area contributed by atoms with Gasteiger partial charge >= 0.3 is 6.18 Å². The number of nitrogens with zero attached hydrogens (tertiary/aromatic N) is 2. The number of pyridine rings is 2. The number of alkyl halides is 3. The fraction of sp³-hybridized carbons (Fsp3) is 0.160. The molecule has 8 heteroatoms. The van der Waals surface area contributed by atoms with Gasteiger partial charge in [-0.2, -0.15) is 13.2 Å². The number of carbonyl (C=O) groups excluding carboxylic acids is 1. The van der Waals surface area contributed by atoms with Gasteiger partial charge in [0.25, 0.3) is 11.5 Å². The summed E-state index contributed by atoms with van der Waals surface area (Å²) in [6.07, 6.45) is -2.82. The predicted octanol–water partition coefficient (Wildman–Crippen LogP) is 5.20. The smallest absolute Gasteiger partial charge is 0.344 e. The molecule has 33 heavy (non-hydrogen) atoms. The van der Waals surface area contributed by atoms with Crippen molar-refractivity contribution >= 4 is 16.8 Å². The number of nitrogens with one attached hydrogen (secondary N) is 1. The minimum absolute atomic E-state index is 0.306. The van der Waals surface area contributed by atoms with E-state index in [1.807, 2.05) is 19.1 Å². The van der Waals surface area contributed by atoms with E-state index in [4.69, 9.17) is 0 Å². The lowest BCUT2D eigenvalue weighted by atomic mass is 10.1. The van der Waals surface area contributed by atoms with Crippen molar-refractivity contribution in [1.82, 2.24) is 14.9 Å². The SMILES string of the molecule is Cc1cc2cc(C(=O)N[C@@H](C)c3ccccn3)ccc2n(-c2ccc(C(F)(F)F)cc2)c1=O. The van der Waals surface area contributed by atoms with Gasteiger partial charge in [-0.3, -0.25) is 19.1 Å². The Morgan fingerprint density at radius 1 is 1.03 bits per heavy atom. The number of aryl methyl sites for hydroxylation is 1. The van der Waals surface area contributed by atoms with Crippen LogP contribution in [0.15, 0.2) is 77.7 Å². The molecule has 1 N–H and O–H groups in total. The first-order chi connectivity index (χ1) is 15.6. The molecule has 1 atom stereocenters. The number of halogens is 3. The highest BCUT2D eigenvalue weighted by molar-refractivity contribution is 5.98. The highest BCUT2D eigenvalue weighted by atomic mass is 19.4. The van der Waals surface area contributed by atoms with Crippen molar-refractivity contribution in [1.29, 1.82) is 0 Å². The molecule has 0 aliphatic heterocycles. The summed E-state index contributed by atoms with van der Waals surface area (Å²) in [5.41, 5.74) is 1.17. The fourth-order valence-corrected chi connectivity index (χ4v) is 3.64. The summed E-state index contributed by atoms with van der Waals surface area (Å²) in [7, 11) is 0. The van der Waals surface area contributed by atoms with E-state index in [-0.39, 0.29) is 17.5 Å². The van der Waals surface area contributed by atoms with Crippen LogP contribution in [0.2, 0.25) is 0 Å². The molecule has 0 saturated carbocycles. The minimum Gasteiger partial charge on any atom is -0.344 e. The number of hydrogen-bond acceptors (Lipinski definition) is 3. The Morgan fingerprint density at radius 3 is 2.39 bits per heavy atom. The Labute approximate surface area is 187 Å². The highest BCUT2D eigenvalue weighted by Crippen LogP contribution is 2.30. The van der Waals surface area contributed by atoms with Crippen LogP contribution in [0, 0.1) is 6.92 Å². The van der Waals surface area contributed by atoms with Crippen LogP contribution in [-0.2, 0) is 6.18 Å². The van der Waals surface area contributed by atoms with Gasteiger partial charge in [-0.25, -0.2) is 0 Å². The molecule has 0 saturated heterocycles. The van der Waals surface area contributed by atoms with Crippen LogP contribution < -0.4 is 10.9 Å². The molecule has 0 radical (unpaired) electrons. The monoisotopic (exact) mass is 451 g/mol. The first kappa shape index (κ1) is 22.3. The molecule has 1 amide bonds. The zero-order valence-electron chi connectivity index (χ0n) is 17.9. The number of hydrogen-bond donors (Lipinski definition) is 1. The maximum Gasteiger partial charge on any atom is 0.416 e. The highest BCUT2D eigenvalue weighted by Gasteiger charge is 2.30. The van der Waals surface area contributed by atoms with Crippen LogP contribution in [0.25, 0.3) is 16.6 Å². The van der Waals surface area contributed by atoms with E-state index >= 15 is 0 Å². The first-order valence-electron chi connectivity index (χ1n) is 10.2. The Bertz CT molecular complexity index is 1380. The number of rotatable bonds is 4. The summed E-state index contributed by atoms with van der Waals surface area (Å²) in [6.45, 7) is 3.45. The predicted molar refractivity (Wildman–Crippen MR) is 119 cm³/mol. The van der Waals surface area contributed by atoms with E-state index in [0.717, 1.165) is 17.8 Å². The van der Waals surface area contributed by atoms with Gasteiger partial charge in [0.1, 0.15) is 0 Å². The second-order valence-electron chi connectivity index (χ2n) is 7.74. The maximum atomic E-state index is 12.9. The molecule has 0 fully saturated rings. The Hall–Kier alpha value is -3.94. The van der Waals surface area contributed by atoms with Crippen molar-refractivity contribution in [3.63, 3.8) is 0 Å². The van der Waals surface area contributed by atoms with Crippen molar-refractivity contribution in [2.75, 3.05) is 0 Å². The van der Waals surface area contributed by atoms with Crippen LogP contribution in [0.4, 0.5) is 13.2 Å². The number of benzene rings is 2. The molecule has 0 aliphatic carbocycles. The van der Waals surface area contributed by atoms with E-state index < -0.39 is 11.7 Å². The summed E-state index contributed by atoms with van der Waals surface area (Å²) in [6, 6.07) is 16.1. The summed E-state index contributed by atoms with van der Waals surface area (Å²) < 4.78 is 40.1. The molecule has 2 aromatic heterocycles. The zero-order valence-corrected chi connectivity index (χ0v) is 17.9. The van der Waals surface area contributed by atoms with E-state index in [0.29, 0.717) is 27.7 Å². The lowest BCUT2D eigenvalue weighted by Gasteiger charge is -2.16. The third-order valence-corrected chi connectivity index (χ3v) is 5.37. The largest absolute Gasteiger partial charge is 0.416 e. The quantitative estimate of drug-likeness (QED) is 0.464. The Balaban J connectivity index is 1.71. The average molecular weight is 451 g/mol. The molecular formula is C25H20F3N3O2. The molecule has 0 spiro atoms. The number of fused-ring (bicyclic) bond motifs is 1. The van der Waals surface area contributed by atoms with E-state index in [1.165, 1.54) is 16.7 Å². The molecule has 168 valence electrons. The number of amides is 1. The number of aromatic nitrogens is 2. The van der Waals surface area contributed by atoms with Crippen molar-refractivity contribution in [2.24, 2.45) is 0 Å². The van der Waals surface area contributed by atoms with Crippen molar-refractivity contribution < 1.29 is 18.0 Å². The van der Waals surface area contributed by atoms with Gasteiger partial charge in [0.15, 0.2) is 0 Å². The molecular weight excluding hydrogens is 431 g/mol. The van der Waals surface area contributed by atoms with Gasteiger partial charge in [0.05, 0.1) is 22.8 Å². The lowest BCUT2D eigenvalue weighted by Crippen LogP contribution is -2.27. The standard InChI is InChI=1S/C25H20F3N3O2/c1-15-13-18-14-17(23(32)30-16(2)21-5-3-4-12-29-21)6-11-22(18)31(24(15)33)20-9-7-19(8-10-20)25(26,27)28/h3-14,16H,1-2H3,(H,30,32)/t16-/m0/s1. The fourth-order valence-electron chi connectivity index (χ4n) is 3.64. The Kier molecular flexibility index (Phi) is 5.76. The van der Waals surface area contributed by atoms with E-state index in [9.17, 15) is 22.8 Å². The van der Waals surface area contributed by atoms with Crippen molar-refractivity contribution in [2.45, 2.75) is 26.1 Å². The van der Waals surface area contributed by atoms with Crippen LogP contribution in [0.5, 0.6) is 0 Å². The van der Waals surface area contributed by atoms with Gasteiger partial charge in [0.2, 0.25) is 0 Å². The van der Waals surface area contributed by atoms with Crippen molar-refractivity contribution in [3.05, 3.63) is 106 Å². The second-order valence-corrected chi connectivity index (χ2v) is 7.74. The molecule has 4 aromatic rings. The van der Waals surface area contributed by atoms with E-state index in [1.54, 1.807) is 43.5 Å². The molecule has 5 nitrogen and oxygen atoms in total. The molecule has 2 heterocycles. The van der Waals surface area contributed by atoms with Gasteiger partial charge in [-0.1, -0.05) is 6.07 Å². The average Bonchev–Trinajstić information content (AvgIpc) is 2.79. The Morgan fingerprint density at radius 2 is 1.76 bits per heavy atom. The second kappa shape index (κ2) is 8.54. The van der Waals surface area contributed by atoms with Crippen LogP contribution in [0.1, 0.15) is 40.1 Å². The third kappa shape index (κ3) is 4.50. The molecule has 4 rings (SSSR count). The molecule has 0 unspecified atom stereocenters. The summed E-state index contributed by atoms with van der Waals surface area (Å²) in [5.74, 6) is -0.306. The van der Waals surface area contributed by atoms with Gasteiger partial charge in [-0.05, 0) is 79.9 Å². The van der Waals surface area contributed by atoms with E-state index in [2.05, 4.69) is 10.3 Å². The van der Waals surface area contributed by atoms with Gasteiger partial charge < -0.3 is 5.32 Å². The lowest BCUT2D eigenvalue weighted by molar-refractivity contribution is -0.137. The third-order valence-electron chi connectivity index (χ3n) is 5.37. The summed E-state index contributed by atoms with van der Waals surface area (Å²) >= 11 is 0. The topological polar surface area (TPSA) is 64.0 Å². The minimum atomic E-state index is -4.47. The van der Waals surface area contributed by atoms with Gasteiger partial charge in [-0.15, -0.1) is 0 Å². The number of carbonyl (C=O) groups is 1. The molecule has 0 aliphatic rings. The molecule has 0 bridgehead atoms. The first-order valence-corrected chi connectivity index (χ1v) is 10.2. The maximum absolute atomic E-state index is 12.9. The van der Waals surface area contributed by atoms with Crippen molar-refractivity contribution in [3.8, 4) is 5.69 Å². The molecule has 2 aromatic carbocycles.